The van der Waals surface area contributed by atoms with Crippen molar-refractivity contribution in [1.82, 2.24) is 0 Å². The number of methoxy groups -OCH3 is 1. The molecule has 0 fully saturated rings. The number of nitrogens with two attached hydrogens (primary N) is 1. The number of rotatable bonds is 2. The zero-order valence-corrected chi connectivity index (χ0v) is 7.78. The predicted octanol–water partition coefficient (Wildman–Crippen LogP) is 0.804. The van der Waals surface area contributed by atoms with E-state index in [-0.39, 0.29) is 0 Å². The summed E-state index contributed by atoms with van der Waals surface area (Å²) in [5.41, 5.74) is 6.93. The Hall–Kier alpha value is -1.86. The third-order valence-corrected chi connectivity index (χ3v) is 1.78. The second-order valence-electron chi connectivity index (χ2n) is 2.73. The van der Waals surface area contributed by atoms with Crippen molar-refractivity contribution in [2.45, 2.75) is 6.54 Å². The summed E-state index contributed by atoms with van der Waals surface area (Å²) in [6.45, 7) is 0.291. The third kappa shape index (κ3) is 2.09. The van der Waals surface area contributed by atoms with Gasteiger partial charge in [0.1, 0.15) is 0 Å². The van der Waals surface area contributed by atoms with Gasteiger partial charge >= 0.3 is 5.97 Å². The van der Waals surface area contributed by atoms with Gasteiger partial charge in [0.05, 0.1) is 24.3 Å². The monoisotopic (exact) mass is 190 g/mol. The van der Waals surface area contributed by atoms with E-state index in [1.807, 2.05) is 6.07 Å². The van der Waals surface area contributed by atoms with Gasteiger partial charge in [0.25, 0.3) is 0 Å². The van der Waals surface area contributed by atoms with Crippen molar-refractivity contribution in [3.8, 4) is 6.07 Å². The van der Waals surface area contributed by atoms with Crippen LogP contribution >= 0.6 is 0 Å². The van der Waals surface area contributed by atoms with Gasteiger partial charge in [-0.25, -0.2) is 4.79 Å². The molecule has 0 aliphatic heterocycles. The molecule has 0 aromatic heterocycles. The average molecular weight is 190 g/mol. The largest absolute Gasteiger partial charge is 0.465 e. The van der Waals surface area contributed by atoms with Gasteiger partial charge in [-0.2, -0.15) is 5.26 Å². The van der Waals surface area contributed by atoms with Crippen LogP contribution in [0.25, 0.3) is 0 Å². The van der Waals surface area contributed by atoms with Crippen molar-refractivity contribution in [2.75, 3.05) is 7.11 Å². The molecule has 2 N–H and O–H groups in total. The van der Waals surface area contributed by atoms with Crippen molar-refractivity contribution >= 4 is 5.97 Å². The van der Waals surface area contributed by atoms with Crippen LogP contribution in [-0.2, 0) is 11.3 Å². The molecule has 4 nitrogen and oxygen atoms in total. The molecule has 0 aliphatic rings. The highest BCUT2D eigenvalue weighted by molar-refractivity contribution is 5.90. The van der Waals surface area contributed by atoms with E-state index in [0.29, 0.717) is 17.7 Å². The molecule has 4 heteroatoms. The molecule has 0 heterocycles. The van der Waals surface area contributed by atoms with Crippen LogP contribution in [0, 0.1) is 11.3 Å². The molecule has 1 rings (SSSR count). The minimum absolute atomic E-state index is 0.291. The predicted molar refractivity (Wildman–Crippen MR) is 50.4 cm³/mol. The first-order valence-corrected chi connectivity index (χ1v) is 4.03. The van der Waals surface area contributed by atoms with Crippen LogP contribution in [0.4, 0.5) is 0 Å². The Bertz CT molecular complexity index is 394. The Balaban J connectivity index is 3.19. The van der Waals surface area contributed by atoms with E-state index in [2.05, 4.69) is 4.74 Å². The van der Waals surface area contributed by atoms with E-state index < -0.39 is 5.97 Å². The molecule has 0 saturated carbocycles. The minimum atomic E-state index is -0.461. The lowest BCUT2D eigenvalue weighted by molar-refractivity contribution is 0.0600. The fourth-order valence-electron chi connectivity index (χ4n) is 1.11. The van der Waals surface area contributed by atoms with Crippen LogP contribution in [0.5, 0.6) is 0 Å². The summed E-state index contributed by atoms with van der Waals surface area (Å²) in [7, 11) is 1.30. The van der Waals surface area contributed by atoms with Crippen molar-refractivity contribution < 1.29 is 9.53 Å². The fourth-order valence-corrected chi connectivity index (χ4v) is 1.11. The molecule has 0 unspecified atom stereocenters. The first kappa shape index (κ1) is 10.2. The summed E-state index contributed by atoms with van der Waals surface area (Å²) >= 11 is 0. The Morgan fingerprint density at radius 1 is 1.57 bits per heavy atom. The van der Waals surface area contributed by atoms with Gasteiger partial charge in [0, 0.05) is 6.54 Å². The normalized spacial score (nSPS) is 9.21. The standard InChI is InChI=1S/C10H10N2O2/c1-14-10(13)9-3-7(5-11)2-8(4-9)6-12/h2-4H,5,11H2,1H3. The molecule has 0 saturated heterocycles. The molecule has 72 valence electrons. The van der Waals surface area contributed by atoms with Gasteiger partial charge in [-0.15, -0.1) is 0 Å². The van der Waals surface area contributed by atoms with Crippen LogP contribution in [0.15, 0.2) is 18.2 Å². The Labute approximate surface area is 81.9 Å². The zero-order valence-electron chi connectivity index (χ0n) is 7.78. The lowest BCUT2D eigenvalue weighted by Crippen LogP contribution is -2.04. The molecule has 0 amide bonds. The number of benzene rings is 1. The molecule has 0 aliphatic carbocycles. The van der Waals surface area contributed by atoms with Crippen LogP contribution in [-0.4, -0.2) is 13.1 Å². The molecule has 14 heavy (non-hydrogen) atoms. The Kier molecular flexibility index (Phi) is 3.21. The van der Waals surface area contributed by atoms with E-state index in [4.69, 9.17) is 11.0 Å². The second kappa shape index (κ2) is 4.40. The molecular formula is C10H10N2O2. The van der Waals surface area contributed by atoms with Crippen molar-refractivity contribution in [2.24, 2.45) is 5.73 Å². The number of esters is 1. The van der Waals surface area contributed by atoms with Gasteiger partial charge in [-0.1, -0.05) is 0 Å². The van der Waals surface area contributed by atoms with Crippen molar-refractivity contribution in [3.63, 3.8) is 0 Å². The molecule has 0 atom stereocenters. The highest BCUT2D eigenvalue weighted by Crippen LogP contribution is 2.10. The quantitative estimate of drug-likeness (QED) is 0.700. The van der Waals surface area contributed by atoms with E-state index in [1.54, 1.807) is 12.1 Å². The highest BCUT2D eigenvalue weighted by Gasteiger charge is 2.07. The maximum Gasteiger partial charge on any atom is 0.337 e. The topological polar surface area (TPSA) is 76.1 Å². The number of nitriles is 1. The number of carbonyl (C=O) groups is 1. The summed E-state index contributed by atoms with van der Waals surface area (Å²) in [6, 6.07) is 6.70. The average Bonchev–Trinajstić information content (AvgIpc) is 2.27. The number of hydrogen-bond acceptors (Lipinski definition) is 4. The van der Waals surface area contributed by atoms with Gasteiger partial charge < -0.3 is 10.5 Å². The van der Waals surface area contributed by atoms with Crippen molar-refractivity contribution in [1.29, 1.82) is 5.26 Å². The fraction of sp³-hybridized carbons (Fsp3) is 0.200. The van der Waals surface area contributed by atoms with Gasteiger partial charge in [-0.05, 0) is 23.8 Å². The minimum Gasteiger partial charge on any atom is -0.465 e. The first-order valence-electron chi connectivity index (χ1n) is 4.03. The van der Waals surface area contributed by atoms with E-state index in [1.165, 1.54) is 13.2 Å². The van der Waals surface area contributed by atoms with E-state index in [9.17, 15) is 4.79 Å². The highest BCUT2D eigenvalue weighted by atomic mass is 16.5. The van der Waals surface area contributed by atoms with Crippen LogP contribution in [0.1, 0.15) is 21.5 Å². The lowest BCUT2D eigenvalue weighted by atomic mass is 10.1. The number of nitrogens with zero attached hydrogens (tertiary/aromatic N) is 1. The zero-order chi connectivity index (χ0) is 10.6. The van der Waals surface area contributed by atoms with E-state index >= 15 is 0 Å². The molecule has 1 aromatic rings. The summed E-state index contributed by atoms with van der Waals surface area (Å²) in [5.74, 6) is -0.461. The summed E-state index contributed by atoms with van der Waals surface area (Å²) in [6.07, 6.45) is 0. The van der Waals surface area contributed by atoms with Crippen molar-refractivity contribution in [3.05, 3.63) is 34.9 Å². The van der Waals surface area contributed by atoms with Gasteiger partial charge in [-0.3, -0.25) is 0 Å². The SMILES string of the molecule is COC(=O)c1cc(C#N)cc(CN)c1. The second-order valence-corrected chi connectivity index (χ2v) is 2.73. The van der Waals surface area contributed by atoms with Gasteiger partial charge in [0.2, 0.25) is 0 Å². The lowest BCUT2D eigenvalue weighted by Gasteiger charge is -2.02. The van der Waals surface area contributed by atoms with E-state index in [0.717, 1.165) is 5.56 Å². The van der Waals surface area contributed by atoms with Gasteiger partial charge in [0.15, 0.2) is 0 Å². The maximum atomic E-state index is 11.2. The maximum absolute atomic E-state index is 11.2. The Morgan fingerprint density at radius 3 is 2.79 bits per heavy atom. The smallest absolute Gasteiger partial charge is 0.337 e. The number of carbonyl (C=O) groups excluding carboxylic acids is 1. The summed E-state index contributed by atoms with van der Waals surface area (Å²) < 4.78 is 4.55. The summed E-state index contributed by atoms with van der Waals surface area (Å²) in [4.78, 5) is 11.2. The van der Waals surface area contributed by atoms with Crippen LogP contribution < -0.4 is 5.73 Å². The summed E-state index contributed by atoms with van der Waals surface area (Å²) in [5, 5.41) is 8.69. The van der Waals surface area contributed by atoms with Crippen LogP contribution in [0.3, 0.4) is 0 Å². The first-order chi connectivity index (χ1) is 6.71. The number of hydrogen-bond donors (Lipinski definition) is 1. The molecule has 1 aromatic carbocycles. The molecule has 0 spiro atoms. The Morgan fingerprint density at radius 2 is 2.29 bits per heavy atom. The molecule has 0 bridgehead atoms. The molecule has 0 radical (unpaired) electrons. The number of ether oxygens (including phenoxy) is 1. The molecular weight excluding hydrogens is 180 g/mol. The van der Waals surface area contributed by atoms with Crippen LogP contribution in [0.2, 0.25) is 0 Å². The third-order valence-electron chi connectivity index (χ3n) is 1.78.